The third-order valence-electron chi connectivity index (χ3n) is 3.53. The number of hydrogen-bond donors (Lipinski definition) is 0. The molecule has 0 unspecified atom stereocenters. The molecule has 0 radical (unpaired) electrons. The van der Waals surface area contributed by atoms with E-state index in [9.17, 15) is 4.79 Å². The van der Waals surface area contributed by atoms with Gasteiger partial charge in [0, 0.05) is 19.2 Å². The molecule has 0 N–H and O–H groups in total. The minimum atomic E-state index is -0.193. The number of methoxy groups -OCH3 is 1. The normalized spacial score (nSPS) is 19.8. The standard InChI is InChI=1S/C15H19NO2/c1-11-12(2)15(18-3)16(14(11)17)10-9-13-7-5-4-6-8-13/h4-8,15H,9-10H2,1-3H3/t15-/m0/s1. The predicted octanol–water partition coefficient (Wildman–Crippen LogP) is 2.38. The summed E-state index contributed by atoms with van der Waals surface area (Å²) >= 11 is 0. The Labute approximate surface area is 108 Å². The van der Waals surface area contributed by atoms with Crippen LogP contribution in [0, 0.1) is 0 Å². The van der Waals surface area contributed by atoms with E-state index in [1.807, 2.05) is 32.0 Å². The van der Waals surface area contributed by atoms with Gasteiger partial charge in [0.15, 0.2) is 6.23 Å². The molecule has 1 heterocycles. The monoisotopic (exact) mass is 245 g/mol. The smallest absolute Gasteiger partial charge is 0.251 e. The molecule has 0 spiro atoms. The molecule has 0 bridgehead atoms. The molecule has 2 rings (SSSR count). The predicted molar refractivity (Wildman–Crippen MR) is 71.0 cm³/mol. The molecule has 1 aromatic carbocycles. The topological polar surface area (TPSA) is 29.5 Å². The largest absolute Gasteiger partial charge is 0.358 e. The number of carbonyl (C=O) groups excluding carboxylic acids is 1. The van der Waals surface area contributed by atoms with Gasteiger partial charge in [0.25, 0.3) is 5.91 Å². The zero-order chi connectivity index (χ0) is 13.1. The number of carbonyl (C=O) groups is 1. The second-order valence-electron chi connectivity index (χ2n) is 4.63. The van der Waals surface area contributed by atoms with Crippen molar-refractivity contribution in [2.24, 2.45) is 0 Å². The molecule has 96 valence electrons. The molecule has 0 fully saturated rings. The van der Waals surface area contributed by atoms with Crippen LogP contribution < -0.4 is 0 Å². The van der Waals surface area contributed by atoms with Crippen molar-refractivity contribution in [2.75, 3.05) is 13.7 Å². The van der Waals surface area contributed by atoms with Crippen molar-refractivity contribution < 1.29 is 9.53 Å². The molecule has 1 aliphatic heterocycles. The van der Waals surface area contributed by atoms with Gasteiger partial charge in [-0.25, -0.2) is 0 Å². The maximum Gasteiger partial charge on any atom is 0.251 e. The highest BCUT2D eigenvalue weighted by molar-refractivity contribution is 5.96. The van der Waals surface area contributed by atoms with Gasteiger partial charge >= 0.3 is 0 Å². The Balaban J connectivity index is 2.04. The lowest BCUT2D eigenvalue weighted by Crippen LogP contribution is -2.38. The van der Waals surface area contributed by atoms with Crippen molar-refractivity contribution in [1.29, 1.82) is 0 Å². The molecule has 1 amide bonds. The molecule has 3 nitrogen and oxygen atoms in total. The summed E-state index contributed by atoms with van der Waals surface area (Å²) in [5.41, 5.74) is 3.08. The summed E-state index contributed by atoms with van der Waals surface area (Å²) in [4.78, 5) is 13.9. The molecule has 0 aliphatic carbocycles. The van der Waals surface area contributed by atoms with Crippen LogP contribution in [-0.2, 0) is 16.0 Å². The molecule has 0 aromatic heterocycles. The van der Waals surface area contributed by atoms with Gasteiger partial charge in [0.2, 0.25) is 0 Å². The third-order valence-corrected chi connectivity index (χ3v) is 3.53. The molecule has 1 aliphatic rings. The first-order valence-corrected chi connectivity index (χ1v) is 6.20. The van der Waals surface area contributed by atoms with E-state index in [2.05, 4.69) is 12.1 Å². The van der Waals surface area contributed by atoms with Gasteiger partial charge in [-0.15, -0.1) is 0 Å². The highest BCUT2D eigenvalue weighted by Gasteiger charge is 2.34. The molecule has 18 heavy (non-hydrogen) atoms. The van der Waals surface area contributed by atoms with E-state index in [0.29, 0.717) is 6.54 Å². The summed E-state index contributed by atoms with van der Waals surface area (Å²) in [7, 11) is 1.65. The average molecular weight is 245 g/mol. The van der Waals surface area contributed by atoms with Crippen molar-refractivity contribution in [3.8, 4) is 0 Å². The summed E-state index contributed by atoms with van der Waals surface area (Å²) in [6.45, 7) is 4.52. The van der Waals surface area contributed by atoms with Crippen molar-refractivity contribution >= 4 is 5.91 Å². The first kappa shape index (κ1) is 12.8. The number of amides is 1. The lowest BCUT2D eigenvalue weighted by atomic mass is 10.1. The number of nitrogens with zero attached hydrogens (tertiary/aromatic N) is 1. The van der Waals surface area contributed by atoms with Crippen molar-refractivity contribution in [3.63, 3.8) is 0 Å². The van der Waals surface area contributed by atoms with Gasteiger partial charge < -0.3 is 9.64 Å². The van der Waals surface area contributed by atoms with Crippen molar-refractivity contribution in [3.05, 3.63) is 47.0 Å². The lowest BCUT2D eigenvalue weighted by molar-refractivity contribution is -0.133. The Morgan fingerprint density at radius 1 is 1.22 bits per heavy atom. The van der Waals surface area contributed by atoms with Gasteiger partial charge in [-0.2, -0.15) is 0 Å². The van der Waals surface area contributed by atoms with E-state index < -0.39 is 0 Å². The fourth-order valence-corrected chi connectivity index (χ4v) is 2.33. The minimum Gasteiger partial charge on any atom is -0.358 e. The van der Waals surface area contributed by atoms with Crippen LogP contribution in [0.3, 0.4) is 0 Å². The molecule has 1 atom stereocenters. The van der Waals surface area contributed by atoms with E-state index in [-0.39, 0.29) is 12.1 Å². The molecule has 0 saturated carbocycles. The second-order valence-corrected chi connectivity index (χ2v) is 4.63. The Morgan fingerprint density at radius 2 is 1.89 bits per heavy atom. The third kappa shape index (κ3) is 2.31. The first-order chi connectivity index (χ1) is 8.65. The quantitative estimate of drug-likeness (QED) is 0.815. The zero-order valence-electron chi connectivity index (χ0n) is 11.1. The molecule has 3 heteroatoms. The highest BCUT2D eigenvalue weighted by atomic mass is 16.5. The minimum absolute atomic E-state index is 0.0929. The van der Waals surface area contributed by atoms with Crippen molar-refractivity contribution in [2.45, 2.75) is 26.5 Å². The van der Waals surface area contributed by atoms with E-state index >= 15 is 0 Å². The molecular formula is C15H19NO2. The SMILES string of the molecule is CO[C@H]1C(C)=C(C)C(=O)N1CCc1ccccc1. The van der Waals surface area contributed by atoms with Crippen LogP contribution in [0.15, 0.2) is 41.5 Å². The van der Waals surface area contributed by atoms with Gasteiger partial charge in [0.05, 0.1) is 0 Å². The summed E-state index contributed by atoms with van der Waals surface area (Å²) in [6, 6.07) is 10.2. The maximum atomic E-state index is 12.1. The van der Waals surface area contributed by atoms with Crippen LogP contribution in [0.1, 0.15) is 19.4 Å². The molecular weight excluding hydrogens is 226 g/mol. The van der Waals surface area contributed by atoms with Gasteiger partial charge in [-0.1, -0.05) is 30.3 Å². The molecule has 1 aromatic rings. The zero-order valence-corrected chi connectivity index (χ0v) is 11.1. The average Bonchev–Trinajstić information content (AvgIpc) is 2.61. The Morgan fingerprint density at radius 3 is 2.50 bits per heavy atom. The number of ether oxygens (including phenoxy) is 1. The van der Waals surface area contributed by atoms with Crippen LogP contribution in [0.2, 0.25) is 0 Å². The lowest BCUT2D eigenvalue weighted by Gasteiger charge is -2.25. The summed E-state index contributed by atoms with van der Waals surface area (Å²) < 4.78 is 5.41. The molecule has 0 saturated heterocycles. The Kier molecular flexibility index (Phi) is 3.82. The van der Waals surface area contributed by atoms with Crippen molar-refractivity contribution in [1.82, 2.24) is 4.90 Å². The van der Waals surface area contributed by atoms with Gasteiger partial charge in [-0.05, 0) is 31.4 Å². The van der Waals surface area contributed by atoms with E-state index in [1.165, 1.54) is 5.56 Å². The highest BCUT2D eigenvalue weighted by Crippen LogP contribution is 2.25. The summed E-state index contributed by atoms with van der Waals surface area (Å²) in [5, 5.41) is 0. The fraction of sp³-hybridized carbons (Fsp3) is 0.400. The maximum absolute atomic E-state index is 12.1. The summed E-state index contributed by atoms with van der Waals surface area (Å²) in [6.07, 6.45) is 0.661. The van der Waals surface area contributed by atoms with Gasteiger partial charge in [0.1, 0.15) is 0 Å². The van der Waals surface area contributed by atoms with Crippen LogP contribution in [-0.4, -0.2) is 30.7 Å². The van der Waals surface area contributed by atoms with Crippen LogP contribution >= 0.6 is 0 Å². The van der Waals surface area contributed by atoms with E-state index in [4.69, 9.17) is 4.74 Å². The number of benzene rings is 1. The summed E-state index contributed by atoms with van der Waals surface area (Å²) in [5.74, 6) is 0.0929. The van der Waals surface area contributed by atoms with Crippen LogP contribution in [0.25, 0.3) is 0 Å². The number of rotatable bonds is 4. The second kappa shape index (κ2) is 5.36. The van der Waals surface area contributed by atoms with Gasteiger partial charge in [-0.3, -0.25) is 4.79 Å². The van der Waals surface area contributed by atoms with E-state index in [0.717, 1.165) is 17.6 Å². The van der Waals surface area contributed by atoms with Crippen LogP contribution in [0.5, 0.6) is 0 Å². The van der Waals surface area contributed by atoms with E-state index in [1.54, 1.807) is 12.0 Å². The fourth-order valence-electron chi connectivity index (χ4n) is 2.33. The Bertz CT molecular complexity index is 465. The van der Waals surface area contributed by atoms with Crippen LogP contribution in [0.4, 0.5) is 0 Å². The first-order valence-electron chi connectivity index (χ1n) is 6.20. The number of hydrogen-bond acceptors (Lipinski definition) is 2. The Hall–Kier alpha value is -1.61.